The molecule has 136 valence electrons. The topological polar surface area (TPSA) is 101 Å². The monoisotopic (exact) mass is 366 g/mol. The third-order valence-corrected chi connectivity index (χ3v) is 3.37. The lowest BCUT2D eigenvalue weighted by atomic mass is 10.2. The Bertz CT molecular complexity index is 676. The predicted octanol–water partition coefficient (Wildman–Crippen LogP) is 0.810. The zero-order valence-corrected chi connectivity index (χ0v) is 15.0. The van der Waals surface area contributed by atoms with Gasteiger partial charge in [0.15, 0.2) is 0 Å². The number of carbonyl (C=O) groups is 2. The van der Waals surface area contributed by atoms with Crippen molar-refractivity contribution in [1.29, 1.82) is 0 Å². The molecule has 2 rings (SSSR count). The standard InChI is InChI=1S/C16H22N6O2.ClH/c1-12(8-17-2)15(24)20-16-19-11-22(21-16)10-14(23)18-9-13-6-4-3-5-7-13;/h3-7,11-12,17H,8-10H2,1-2H3,(H,18,23)(H,20,21,24);1H. The molecule has 2 aromatic rings. The van der Waals surface area contributed by atoms with Gasteiger partial charge >= 0.3 is 0 Å². The molecule has 0 saturated carbocycles. The third kappa shape index (κ3) is 6.90. The summed E-state index contributed by atoms with van der Waals surface area (Å²) in [5.41, 5.74) is 1.02. The minimum Gasteiger partial charge on any atom is -0.350 e. The van der Waals surface area contributed by atoms with Crippen LogP contribution in [-0.4, -0.2) is 40.2 Å². The van der Waals surface area contributed by atoms with E-state index in [-0.39, 0.29) is 42.6 Å². The molecule has 1 aromatic carbocycles. The highest BCUT2D eigenvalue weighted by Crippen LogP contribution is 2.02. The van der Waals surface area contributed by atoms with Crippen LogP contribution in [0.2, 0.25) is 0 Å². The van der Waals surface area contributed by atoms with E-state index in [0.29, 0.717) is 13.1 Å². The van der Waals surface area contributed by atoms with Gasteiger partial charge < -0.3 is 10.6 Å². The van der Waals surface area contributed by atoms with Crippen molar-refractivity contribution >= 4 is 30.2 Å². The first-order chi connectivity index (χ1) is 11.6. The number of carbonyl (C=O) groups excluding carboxylic acids is 2. The maximum absolute atomic E-state index is 11.9. The maximum atomic E-state index is 11.9. The quantitative estimate of drug-likeness (QED) is 0.642. The normalized spacial score (nSPS) is 11.3. The minimum absolute atomic E-state index is 0. The Morgan fingerprint density at radius 1 is 1.24 bits per heavy atom. The molecule has 0 radical (unpaired) electrons. The summed E-state index contributed by atoms with van der Waals surface area (Å²) in [6.45, 7) is 2.87. The molecule has 0 aliphatic heterocycles. The molecule has 25 heavy (non-hydrogen) atoms. The Kier molecular flexibility index (Phi) is 8.59. The van der Waals surface area contributed by atoms with Gasteiger partial charge in [-0.2, -0.15) is 0 Å². The fourth-order valence-corrected chi connectivity index (χ4v) is 2.06. The molecule has 1 aromatic heterocycles. The van der Waals surface area contributed by atoms with Crippen molar-refractivity contribution in [3.05, 3.63) is 42.2 Å². The van der Waals surface area contributed by atoms with Crippen LogP contribution in [-0.2, 0) is 22.7 Å². The molecule has 0 saturated heterocycles. The van der Waals surface area contributed by atoms with E-state index in [1.807, 2.05) is 30.3 Å². The molecule has 1 unspecified atom stereocenters. The highest BCUT2D eigenvalue weighted by Gasteiger charge is 2.14. The molecule has 9 heteroatoms. The molecular formula is C16H23ClN6O2. The van der Waals surface area contributed by atoms with Crippen LogP contribution in [0.4, 0.5) is 5.95 Å². The van der Waals surface area contributed by atoms with Gasteiger partial charge in [0.25, 0.3) is 0 Å². The summed E-state index contributed by atoms with van der Waals surface area (Å²) in [5, 5.41) is 12.4. The minimum atomic E-state index is -0.198. The number of anilines is 1. The summed E-state index contributed by atoms with van der Waals surface area (Å²) in [4.78, 5) is 27.8. The van der Waals surface area contributed by atoms with Crippen LogP contribution in [0.5, 0.6) is 0 Å². The van der Waals surface area contributed by atoms with Crippen molar-refractivity contribution in [2.24, 2.45) is 5.92 Å². The zero-order chi connectivity index (χ0) is 17.4. The first kappa shape index (κ1) is 20.6. The summed E-state index contributed by atoms with van der Waals surface area (Å²) >= 11 is 0. The van der Waals surface area contributed by atoms with E-state index in [2.05, 4.69) is 26.0 Å². The Morgan fingerprint density at radius 2 is 1.96 bits per heavy atom. The zero-order valence-electron chi connectivity index (χ0n) is 14.2. The summed E-state index contributed by atoms with van der Waals surface area (Å²) in [5.74, 6) is -0.351. The highest BCUT2D eigenvalue weighted by atomic mass is 35.5. The number of hydrogen-bond acceptors (Lipinski definition) is 5. The third-order valence-electron chi connectivity index (χ3n) is 3.37. The molecule has 2 amide bonds. The van der Waals surface area contributed by atoms with Crippen LogP contribution in [0.3, 0.4) is 0 Å². The summed E-state index contributed by atoms with van der Waals surface area (Å²) in [6.07, 6.45) is 1.42. The van der Waals surface area contributed by atoms with Crippen molar-refractivity contribution in [3.8, 4) is 0 Å². The van der Waals surface area contributed by atoms with Gasteiger partial charge in [0.05, 0.1) is 0 Å². The van der Waals surface area contributed by atoms with E-state index < -0.39 is 0 Å². The van der Waals surface area contributed by atoms with Crippen LogP contribution in [0, 0.1) is 5.92 Å². The van der Waals surface area contributed by atoms with Crippen molar-refractivity contribution in [3.63, 3.8) is 0 Å². The Morgan fingerprint density at radius 3 is 2.64 bits per heavy atom. The second kappa shape index (κ2) is 10.4. The number of hydrogen-bond donors (Lipinski definition) is 3. The van der Waals surface area contributed by atoms with E-state index >= 15 is 0 Å². The fourth-order valence-electron chi connectivity index (χ4n) is 2.06. The van der Waals surface area contributed by atoms with Crippen molar-refractivity contribution in [2.45, 2.75) is 20.0 Å². The lowest BCUT2D eigenvalue weighted by Crippen LogP contribution is -2.29. The number of halogens is 1. The molecule has 3 N–H and O–H groups in total. The number of amides is 2. The Labute approximate surface area is 152 Å². The van der Waals surface area contributed by atoms with E-state index in [4.69, 9.17) is 0 Å². The molecule has 0 fully saturated rings. The fraction of sp³-hybridized carbons (Fsp3) is 0.375. The van der Waals surface area contributed by atoms with Gasteiger partial charge in [-0.15, -0.1) is 17.5 Å². The van der Waals surface area contributed by atoms with Gasteiger partial charge in [-0.3, -0.25) is 14.9 Å². The molecule has 1 heterocycles. The van der Waals surface area contributed by atoms with E-state index in [0.717, 1.165) is 5.56 Å². The molecule has 0 aliphatic rings. The molecule has 0 aliphatic carbocycles. The lowest BCUT2D eigenvalue weighted by molar-refractivity contribution is -0.122. The van der Waals surface area contributed by atoms with Crippen LogP contribution in [0.1, 0.15) is 12.5 Å². The van der Waals surface area contributed by atoms with Crippen LogP contribution < -0.4 is 16.0 Å². The van der Waals surface area contributed by atoms with Gasteiger partial charge in [0, 0.05) is 19.0 Å². The summed E-state index contributed by atoms with van der Waals surface area (Å²) in [6, 6.07) is 9.64. The Hall–Kier alpha value is -2.45. The number of rotatable bonds is 8. The van der Waals surface area contributed by atoms with E-state index in [1.54, 1.807) is 14.0 Å². The van der Waals surface area contributed by atoms with Crippen LogP contribution in [0.25, 0.3) is 0 Å². The van der Waals surface area contributed by atoms with Gasteiger partial charge in [0.2, 0.25) is 17.8 Å². The summed E-state index contributed by atoms with van der Waals surface area (Å²) < 4.78 is 1.39. The SMILES string of the molecule is CNCC(C)C(=O)Nc1ncn(CC(=O)NCc2ccccc2)n1.Cl. The van der Waals surface area contributed by atoms with Gasteiger partial charge in [-0.1, -0.05) is 37.3 Å². The molecule has 0 spiro atoms. The molecule has 0 bridgehead atoms. The Balaban J connectivity index is 0.00000312. The largest absolute Gasteiger partial charge is 0.350 e. The molecular weight excluding hydrogens is 344 g/mol. The van der Waals surface area contributed by atoms with Crippen molar-refractivity contribution in [1.82, 2.24) is 25.4 Å². The second-order valence-corrected chi connectivity index (χ2v) is 5.48. The average Bonchev–Trinajstić information content (AvgIpc) is 3.01. The van der Waals surface area contributed by atoms with E-state index in [9.17, 15) is 9.59 Å². The van der Waals surface area contributed by atoms with Crippen LogP contribution >= 0.6 is 12.4 Å². The first-order valence-corrected chi connectivity index (χ1v) is 7.74. The van der Waals surface area contributed by atoms with Gasteiger partial charge in [0.1, 0.15) is 12.9 Å². The van der Waals surface area contributed by atoms with E-state index in [1.165, 1.54) is 11.0 Å². The number of nitrogens with one attached hydrogen (secondary N) is 3. The maximum Gasteiger partial charge on any atom is 0.248 e. The molecule has 1 atom stereocenters. The molecule has 8 nitrogen and oxygen atoms in total. The highest BCUT2D eigenvalue weighted by molar-refractivity contribution is 5.90. The van der Waals surface area contributed by atoms with Crippen molar-refractivity contribution in [2.75, 3.05) is 18.9 Å². The number of aromatic nitrogens is 3. The van der Waals surface area contributed by atoms with Crippen molar-refractivity contribution < 1.29 is 9.59 Å². The number of benzene rings is 1. The first-order valence-electron chi connectivity index (χ1n) is 7.74. The lowest BCUT2D eigenvalue weighted by Gasteiger charge is -2.08. The number of nitrogens with zero attached hydrogens (tertiary/aromatic N) is 3. The van der Waals surface area contributed by atoms with Gasteiger partial charge in [-0.05, 0) is 12.6 Å². The second-order valence-electron chi connectivity index (χ2n) is 5.48. The van der Waals surface area contributed by atoms with Crippen LogP contribution in [0.15, 0.2) is 36.7 Å². The smallest absolute Gasteiger partial charge is 0.248 e. The van der Waals surface area contributed by atoms with Gasteiger partial charge in [-0.25, -0.2) is 9.67 Å². The summed E-state index contributed by atoms with van der Waals surface area (Å²) in [7, 11) is 1.78. The average molecular weight is 367 g/mol. The predicted molar refractivity (Wildman–Crippen MR) is 97.3 cm³/mol.